The number of carbonyl (C=O) groups is 1. The Morgan fingerprint density at radius 3 is 2.52 bits per heavy atom. The number of amides is 1. The van der Waals surface area contributed by atoms with Gasteiger partial charge in [0.25, 0.3) is 5.91 Å². The molecule has 0 radical (unpaired) electrons. The van der Waals surface area contributed by atoms with E-state index in [1.165, 1.54) is 17.8 Å². The second-order valence-corrected chi connectivity index (χ2v) is 6.95. The summed E-state index contributed by atoms with van der Waals surface area (Å²) in [7, 11) is 0. The quantitative estimate of drug-likeness (QED) is 0.753. The zero-order valence-corrected chi connectivity index (χ0v) is 14.5. The number of hydrogen-bond donors (Lipinski definition) is 2. The summed E-state index contributed by atoms with van der Waals surface area (Å²) < 4.78 is 0.442. The smallest absolute Gasteiger partial charge is 0.284 e. The van der Waals surface area contributed by atoms with Crippen molar-refractivity contribution in [2.24, 2.45) is 4.99 Å². The maximum absolute atomic E-state index is 12.1. The van der Waals surface area contributed by atoms with E-state index in [9.17, 15) is 15.0 Å². The lowest BCUT2D eigenvalue weighted by Crippen LogP contribution is -1.90. The van der Waals surface area contributed by atoms with Crippen LogP contribution < -0.4 is 0 Å². The number of phenols is 2. The molecule has 116 valence electrons. The summed E-state index contributed by atoms with van der Waals surface area (Å²) in [6, 6.07) is 10.6. The lowest BCUT2D eigenvalue weighted by Gasteiger charge is -2.04. The van der Waals surface area contributed by atoms with E-state index in [1.54, 1.807) is 12.1 Å². The normalized spacial score (nSPS) is 16.0. The van der Waals surface area contributed by atoms with Crippen molar-refractivity contribution in [1.82, 2.24) is 0 Å². The molecule has 2 N–H and O–H groups in total. The number of phenolic OH excluding ortho intramolecular Hbond substituents is 2. The summed E-state index contributed by atoms with van der Waals surface area (Å²) in [6.07, 6.45) is 1.57. The molecule has 0 saturated heterocycles. The van der Waals surface area contributed by atoms with Gasteiger partial charge in [0, 0.05) is 17.2 Å². The van der Waals surface area contributed by atoms with Crippen molar-refractivity contribution in [3.05, 3.63) is 62.5 Å². The minimum atomic E-state index is -0.339. The van der Waals surface area contributed by atoms with Crippen LogP contribution in [0.1, 0.15) is 16.7 Å². The van der Waals surface area contributed by atoms with Crippen LogP contribution >= 0.6 is 27.7 Å². The fourth-order valence-corrected chi connectivity index (χ4v) is 3.32. The molecule has 2 aromatic carbocycles. The molecule has 1 heterocycles. The van der Waals surface area contributed by atoms with Crippen molar-refractivity contribution in [1.29, 1.82) is 0 Å². The van der Waals surface area contributed by atoms with Crippen LogP contribution in [0.3, 0.4) is 0 Å². The van der Waals surface area contributed by atoms with Crippen LogP contribution in [0, 0.1) is 6.92 Å². The molecule has 1 aliphatic rings. The van der Waals surface area contributed by atoms with Gasteiger partial charge in [0.05, 0.1) is 9.38 Å². The van der Waals surface area contributed by atoms with Crippen molar-refractivity contribution in [2.45, 2.75) is 6.92 Å². The summed E-state index contributed by atoms with van der Waals surface area (Å²) in [5.74, 6) is -0.504. The maximum atomic E-state index is 12.1. The van der Waals surface area contributed by atoms with Gasteiger partial charge in [0.1, 0.15) is 16.5 Å². The van der Waals surface area contributed by atoms with Gasteiger partial charge in [-0.25, -0.2) is 4.99 Å². The predicted octanol–water partition coefficient (Wildman–Crippen LogP) is 4.23. The molecule has 4 nitrogen and oxygen atoms in total. The monoisotopic (exact) mass is 389 g/mol. The number of aromatic hydroxyl groups is 2. The van der Waals surface area contributed by atoms with E-state index >= 15 is 0 Å². The van der Waals surface area contributed by atoms with E-state index in [4.69, 9.17) is 0 Å². The summed E-state index contributed by atoms with van der Waals surface area (Å²) >= 11 is 4.45. The Labute approximate surface area is 145 Å². The summed E-state index contributed by atoms with van der Waals surface area (Å²) in [5.41, 5.74) is 2.46. The largest absolute Gasteiger partial charge is 0.507 e. The number of aliphatic imine (C=N–C) groups is 1. The third-order valence-corrected chi connectivity index (χ3v) is 4.97. The molecular formula is C17H12BrNO3S. The topological polar surface area (TPSA) is 69.9 Å². The van der Waals surface area contributed by atoms with E-state index < -0.39 is 0 Å². The number of carbonyl (C=O) groups excluding carboxylic acids is 1. The highest BCUT2D eigenvalue weighted by Crippen LogP contribution is 2.36. The Morgan fingerprint density at radius 1 is 1.13 bits per heavy atom. The van der Waals surface area contributed by atoms with E-state index in [0.717, 1.165) is 11.1 Å². The average Bonchev–Trinajstić information content (AvgIpc) is 2.86. The number of hydrogen-bond acceptors (Lipinski definition) is 4. The molecule has 2 aromatic rings. The standard InChI is InChI=1S/C17H12BrNO3S/c1-9-2-4-10(5-3-9)17-19-16(22)15(23-17)7-11-6-12(18)14(21)8-13(11)20/h2-8,20-21H,1H3/b15-7-. The molecule has 0 aliphatic carbocycles. The van der Waals surface area contributed by atoms with Crippen molar-refractivity contribution in [3.63, 3.8) is 0 Å². The van der Waals surface area contributed by atoms with E-state index in [-0.39, 0.29) is 17.4 Å². The minimum Gasteiger partial charge on any atom is -0.507 e. The molecule has 0 saturated carbocycles. The Morgan fingerprint density at radius 2 is 1.83 bits per heavy atom. The van der Waals surface area contributed by atoms with E-state index in [1.807, 2.05) is 31.2 Å². The number of halogens is 1. The first-order chi connectivity index (χ1) is 10.9. The minimum absolute atomic E-state index is 0.0633. The van der Waals surface area contributed by atoms with Gasteiger partial charge in [0.2, 0.25) is 0 Å². The molecule has 23 heavy (non-hydrogen) atoms. The Bertz CT molecular complexity index is 857. The predicted molar refractivity (Wildman–Crippen MR) is 95.8 cm³/mol. The number of aryl methyl sites for hydroxylation is 1. The van der Waals surface area contributed by atoms with Crippen LogP contribution in [-0.4, -0.2) is 21.2 Å². The van der Waals surface area contributed by atoms with Gasteiger partial charge in [-0.15, -0.1) is 0 Å². The van der Waals surface area contributed by atoms with Crippen molar-refractivity contribution < 1.29 is 15.0 Å². The number of nitrogens with zero attached hydrogens (tertiary/aromatic N) is 1. The third-order valence-electron chi connectivity index (χ3n) is 3.30. The van der Waals surface area contributed by atoms with Crippen LogP contribution in [0.15, 0.2) is 50.8 Å². The van der Waals surface area contributed by atoms with Crippen molar-refractivity contribution in [2.75, 3.05) is 0 Å². The summed E-state index contributed by atoms with van der Waals surface area (Å²) in [6.45, 7) is 2.00. The molecule has 0 unspecified atom stereocenters. The van der Waals surface area contributed by atoms with Gasteiger partial charge in [-0.3, -0.25) is 4.79 Å². The number of thioether (sulfide) groups is 1. The molecule has 0 spiro atoms. The first-order valence-corrected chi connectivity index (χ1v) is 8.36. The zero-order chi connectivity index (χ0) is 16.6. The van der Waals surface area contributed by atoms with Crippen LogP contribution in [0.2, 0.25) is 0 Å². The second kappa shape index (κ2) is 6.22. The SMILES string of the molecule is Cc1ccc(C2=NC(=O)/C(=C/c3cc(Br)c(O)cc3O)S2)cc1. The van der Waals surface area contributed by atoms with Gasteiger partial charge in [-0.1, -0.05) is 41.6 Å². The third kappa shape index (κ3) is 3.33. The van der Waals surface area contributed by atoms with Gasteiger partial charge >= 0.3 is 0 Å². The fraction of sp³-hybridized carbons (Fsp3) is 0.0588. The Hall–Kier alpha value is -2.05. The van der Waals surface area contributed by atoms with Crippen LogP contribution in [0.4, 0.5) is 0 Å². The highest BCUT2D eigenvalue weighted by Gasteiger charge is 2.23. The van der Waals surface area contributed by atoms with Crippen molar-refractivity contribution in [3.8, 4) is 11.5 Å². The molecular weight excluding hydrogens is 378 g/mol. The fourth-order valence-electron chi connectivity index (χ4n) is 2.05. The van der Waals surface area contributed by atoms with Crippen LogP contribution in [0.25, 0.3) is 6.08 Å². The van der Waals surface area contributed by atoms with Crippen LogP contribution in [0.5, 0.6) is 11.5 Å². The summed E-state index contributed by atoms with van der Waals surface area (Å²) in [5, 5.41) is 20.1. The average molecular weight is 390 g/mol. The van der Waals surface area contributed by atoms with Gasteiger partial charge in [0.15, 0.2) is 0 Å². The lowest BCUT2D eigenvalue weighted by molar-refractivity contribution is -0.113. The van der Waals surface area contributed by atoms with Gasteiger partial charge in [-0.05, 0) is 35.0 Å². The van der Waals surface area contributed by atoms with E-state index in [0.29, 0.717) is 20.0 Å². The van der Waals surface area contributed by atoms with Crippen molar-refractivity contribution >= 4 is 44.7 Å². The maximum Gasteiger partial charge on any atom is 0.284 e. The highest BCUT2D eigenvalue weighted by atomic mass is 79.9. The van der Waals surface area contributed by atoms with Gasteiger partial charge in [-0.2, -0.15) is 0 Å². The molecule has 3 rings (SSSR count). The molecule has 1 amide bonds. The zero-order valence-electron chi connectivity index (χ0n) is 12.1. The molecule has 0 aromatic heterocycles. The van der Waals surface area contributed by atoms with Gasteiger partial charge < -0.3 is 10.2 Å². The molecule has 1 aliphatic heterocycles. The Kier molecular flexibility index (Phi) is 4.28. The molecule has 0 fully saturated rings. The molecule has 6 heteroatoms. The lowest BCUT2D eigenvalue weighted by atomic mass is 10.1. The number of rotatable bonds is 2. The van der Waals surface area contributed by atoms with E-state index in [2.05, 4.69) is 20.9 Å². The van der Waals surface area contributed by atoms with Crippen LogP contribution in [-0.2, 0) is 4.79 Å². The summed E-state index contributed by atoms with van der Waals surface area (Å²) in [4.78, 5) is 16.6. The number of benzene rings is 2. The highest BCUT2D eigenvalue weighted by molar-refractivity contribution is 9.10. The second-order valence-electron chi connectivity index (χ2n) is 5.06. The molecule has 0 atom stereocenters. The molecule has 0 bridgehead atoms. The first kappa shape index (κ1) is 15.8. The first-order valence-electron chi connectivity index (χ1n) is 6.75. The Balaban J connectivity index is 1.91.